The van der Waals surface area contributed by atoms with E-state index >= 15 is 0 Å². The Hall–Kier alpha value is -1.51. The molecule has 0 aromatic heterocycles. The molecule has 2 aromatic carbocycles. The number of likely N-dealkylation sites (tertiary alicyclic amines) is 1. The topological polar surface area (TPSA) is 12.5 Å². The molecule has 1 saturated heterocycles. The van der Waals surface area contributed by atoms with Crippen LogP contribution in [-0.2, 0) is 12.8 Å². The van der Waals surface area contributed by atoms with Crippen molar-refractivity contribution in [3.05, 3.63) is 64.7 Å². The van der Waals surface area contributed by atoms with Gasteiger partial charge in [0, 0.05) is 18.5 Å². The van der Waals surface area contributed by atoms with Gasteiger partial charge in [-0.25, -0.2) is 0 Å². The lowest BCUT2D eigenvalue weighted by Crippen LogP contribution is -2.32. The summed E-state index contributed by atoms with van der Waals surface area (Å²) in [6.45, 7) is 3.44. The first kappa shape index (κ1) is 18.3. The number of methoxy groups -OCH3 is 1. The first-order chi connectivity index (χ1) is 11.7. The summed E-state index contributed by atoms with van der Waals surface area (Å²) in [5.41, 5.74) is 5.94. The lowest BCUT2D eigenvalue weighted by atomic mass is 9.72. The quantitative estimate of drug-likeness (QED) is 0.794. The van der Waals surface area contributed by atoms with Crippen molar-refractivity contribution in [1.29, 1.82) is 0 Å². The number of ether oxygens (including phenoxy) is 1. The Kier molecular flexibility index (Phi) is 5.41. The zero-order valence-electron chi connectivity index (χ0n) is 15.4. The number of fused-ring (bicyclic) bond motifs is 3. The summed E-state index contributed by atoms with van der Waals surface area (Å²) in [6, 6.07) is 16.0. The summed E-state index contributed by atoms with van der Waals surface area (Å²) >= 11 is 0. The SMILES string of the molecule is COc1ccc(C)c2c1CCC1C2CN(C)C1Cc1ccccc1.Cl. The van der Waals surface area contributed by atoms with Crippen molar-refractivity contribution >= 4 is 12.4 Å². The minimum atomic E-state index is 0. The molecule has 3 heteroatoms. The Morgan fingerprint density at radius 2 is 1.88 bits per heavy atom. The van der Waals surface area contributed by atoms with Crippen molar-refractivity contribution in [2.75, 3.05) is 20.7 Å². The van der Waals surface area contributed by atoms with Crippen LogP contribution in [0.1, 0.15) is 34.6 Å². The fraction of sp³-hybridized carbons (Fsp3) is 0.455. The molecule has 0 bridgehead atoms. The maximum absolute atomic E-state index is 5.65. The van der Waals surface area contributed by atoms with Crippen molar-refractivity contribution < 1.29 is 4.74 Å². The van der Waals surface area contributed by atoms with Gasteiger partial charge in [0.1, 0.15) is 5.75 Å². The molecule has 134 valence electrons. The molecule has 1 fully saturated rings. The molecular weight excluding hydrogens is 330 g/mol. The highest BCUT2D eigenvalue weighted by atomic mass is 35.5. The van der Waals surface area contributed by atoms with Gasteiger partial charge in [-0.05, 0) is 67.5 Å². The first-order valence-electron chi connectivity index (χ1n) is 9.09. The van der Waals surface area contributed by atoms with Gasteiger partial charge in [-0.3, -0.25) is 0 Å². The second kappa shape index (κ2) is 7.39. The molecular formula is C22H28ClNO. The number of hydrogen-bond acceptors (Lipinski definition) is 2. The van der Waals surface area contributed by atoms with E-state index in [0.717, 1.165) is 24.5 Å². The minimum Gasteiger partial charge on any atom is -0.496 e. The number of rotatable bonds is 3. The van der Waals surface area contributed by atoms with Gasteiger partial charge in [0.15, 0.2) is 0 Å². The van der Waals surface area contributed by atoms with E-state index in [1.54, 1.807) is 12.7 Å². The number of hydrogen-bond donors (Lipinski definition) is 0. The second-order valence-corrected chi connectivity index (χ2v) is 7.48. The maximum Gasteiger partial charge on any atom is 0.122 e. The maximum atomic E-state index is 5.65. The summed E-state index contributed by atoms with van der Waals surface area (Å²) in [5.74, 6) is 2.50. The van der Waals surface area contributed by atoms with Crippen molar-refractivity contribution in [2.24, 2.45) is 5.92 Å². The lowest BCUT2D eigenvalue weighted by Gasteiger charge is -2.33. The van der Waals surface area contributed by atoms with E-state index in [2.05, 4.69) is 61.3 Å². The molecule has 0 saturated carbocycles. The molecule has 3 unspecified atom stereocenters. The molecule has 25 heavy (non-hydrogen) atoms. The Morgan fingerprint density at radius 1 is 1.12 bits per heavy atom. The fourth-order valence-electron chi connectivity index (χ4n) is 5.08. The highest BCUT2D eigenvalue weighted by molar-refractivity contribution is 5.85. The zero-order valence-corrected chi connectivity index (χ0v) is 16.2. The molecule has 2 nitrogen and oxygen atoms in total. The summed E-state index contributed by atoms with van der Waals surface area (Å²) < 4.78 is 5.65. The Balaban J connectivity index is 0.00000182. The monoisotopic (exact) mass is 357 g/mol. The van der Waals surface area contributed by atoms with Crippen LogP contribution >= 0.6 is 12.4 Å². The van der Waals surface area contributed by atoms with Crippen LogP contribution < -0.4 is 4.74 Å². The minimum absolute atomic E-state index is 0. The van der Waals surface area contributed by atoms with Crippen LogP contribution in [0.15, 0.2) is 42.5 Å². The van der Waals surface area contributed by atoms with Crippen LogP contribution in [0.25, 0.3) is 0 Å². The number of nitrogens with zero attached hydrogens (tertiary/aromatic N) is 1. The summed E-state index contributed by atoms with van der Waals surface area (Å²) in [5, 5.41) is 0. The third-order valence-electron chi connectivity index (χ3n) is 6.20. The van der Waals surface area contributed by atoms with Crippen molar-refractivity contribution in [2.45, 2.75) is 38.1 Å². The molecule has 2 aliphatic rings. The average Bonchev–Trinajstić information content (AvgIpc) is 2.92. The number of halogens is 1. The molecule has 3 atom stereocenters. The Morgan fingerprint density at radius 3 is 2.60 bits per heavy atom. The highest BCUT2D eigenvalue weighted by Gasteiger charge is 2.44. The lowest BCUT2D eigenvalue weighted by molar-refractivity contribution is 0.258. The normalized spacial score (nSPS) is 25.0. The molecule has 1 aliphatic heterocycles. The third-order valence-corrected chi connectivity index (χ3v) is 6.20. The Bertz CT molecular complexity index is 730. The van der Waals surface area contributed by atoms with E-state index in [1.807, 2.05) is 0 Å². The third kappa shape index (κ3) is 3.18. The van der Waals surface area contributed by atoms with Gasteiger partial charge in [-0.1, -0.05) is 36.4 Å². The van der Waals surface area contributed by atoms with Crippen molar-refractivity contribution in [3.8, 4) is 5.75 Å². The second-order valence-electron chi connectivity index (χ2n) is 7.48. The van der Waals surface area contributed by atoms with Crippen LogP contribution in [0.5, 0.6) is 5.75 Å². The predicted molar refractivity (Wildman–Crippen MR) is 106 cm³/mol. The van der Waals surface area contributed by atoms with Crippen LogP contribution in [0, 0.1) is 12.8 Å². The van der Waals surface area contributed by atoms with Gasteiger partial charge in [-0.2, -0.15) is 0 Å². The van der Waals surface area contributed by atoms with Crippen LogP contribution in [0.2, 0.25) is 0 Å². The van der Waals surface area contributed by atoms with Gasteiger partial charge >= 0.3 is 0 Å². The molecule has 1 heterocycles. The van der Waals surface area contributed by atoms with Crippen LogP contribution in [0.4, 0.5) is 0 Å². The van der Waals surface area contributed by atoms with Gasteiger partial charge in [0.25, 0.3) is 0 Å². The molecule has 2 aromatic rings. The summed E-state index contributed by atoms with van der Waals surface area (Å²) in [4.78, 5) is 2.59. The zero-order chi connectivity index (χ0) is 16.7. The number of aryl methyl sites for hydroxylation is 1. The molecule has 4 rings (SSSR count). The smallest absolute Gasteiger partial charge is 0.122 e. The summed E-state index contributed by atoms with van der Waals surface area (Å²) in [7, 11) is 4.11. The molecule has 0 amide bonds. The van der Waals surface area contributed by atoms with Gasteiger partial charge in [0.2, 0.25) is 0 Å². The van der Waals surface area contributed by atoms with E-state index in [1.165, 1.54) is 29.7 Å². The Labute approximate surface area is 157 Å². The van der Waals surface area contributed by atoms with E-state index in [-0.39, 0.29) is 12.4 Å². The first-order valence-corrected chi connectivity index (χ1v) is 9.09. The average molecular weight is 358 g/mol. The summed E-state index contributed by atoms with van der Waals surface area (Å²) in [6.07, 6.45) is 3.59. The van der Waals surface area contributed by atoms with E-state index in [4.69, 9.17) is 4.74 Å². The number of likely N-dealkylation sites (N-methyl/N-ethyl adjacent to an activating group) is 1. The predicted octanol–water partition coefficient (Wildman–Crippen LogP) is 4.63. The fourth-order valence-corrected chi connectivity index (χ4v) is 5.08. The van der Waals surface area contributed by atoms with Gasteiger partial charge < -0.3 is 9.64 Å². The van der Waals surface area contributed by atoms with Crippen LogP contribution in [-0.4, -0.2) is 31.6 Å². The number of benzene rings is 2. The van der Waals surface area contributed by atoms with Crippen molar-refractivity contribution in [3.63, 3.8) is 0 Å². The standard InChI is InChI=1S/C22H27NO.ClH/c1-15-9-12-21(24-3)18-11-10-17-19(22(15)18)14-23(2)20(17)13-16-7-5-4-6-8-16;/h4-9,12,17,19-20H,10-11,13-14H2,1-3H3;1H. The highest BCUT2D eigenvalue weighted by Crippen LogP contribution is 2.48. The van der Waals surface area contributed by atoms with Gasteiger partial charge in [0.05, 0.1) is 7.11 Å². The van der Waals surface area contributed by atoms with E-state index in [9.17, 15) is 0 Å². The van der Waals surface area contributed by atoms with E-state index < -0.39 is 0 Å². The molecule has 1 aliphatic carbocycles. The van der Waals surface area contributed by atoms with Gasteiger partial charge in [-0.15, -0.1) is 12.4 Å². The molecule has 0 spiro atoms. The largest absolute Gasteiger partial charge is 0.496 e. The van der Waals surface area contributed by atoms with Crippen molar-refractivity contribution in [1.82, 2.24) is 4.90 Å². The molecule has 0 radical (unpaired) electrons. The van der Waals surface area contributed by atoms with Crippen LogP contribution in [0.3, 0.4) is 0 Å². The molecule has 0 N–H and O–H groups in total. The van der Waals surface area contributed by atoms with E-state index in [0.29, 0.717) is 12.0 Å².